The fraction of sp³-hybridized carbons (Fsp3) is 0.526. The van der Waals surface area contributed by atoms with Crippen molar-refractivity contribution in [1.29, 1.82) is 0 Å². The summed E-state index contributed by atoms with van der Waals surface area (Å²) in [7, 11) is 0. The van der Waals surface area contributed by atoms with Gasteiger partial charge in [0.25, 0.3) is 11.8 Å². The normalized spacial score (nSPS) is 25.0. The van der Waals surface area contributed by atoms with Crippen LogP contribution in [-0.4, -0.2) is 47.7 Å². The van der Waals surface area contributed by atoms with E-state index >= 15 is 0 Å². The molecular weight excluding hydrogens is 318 g/mol. The molecule has 1 N–H and O–H groups in total. The zero-order valence-corrected chi connectivity index (χ0v) is 14.5. The minimum absolute atomic E-state index is 0.0100. The van der Waals surface area contributed by atoms with Gasteiger partial charge in [0.15, 0.2) is 5.60 Å². The Labute approximate surface area is 147 Å². The number of carbonyl (C=O) groups is 2. The summed E-state index contributed by atoms with van der Waals surface area (Å²) in [4.78, 5) is 32.3. The van der Waals surface area contributed by atoms with Gasteiger partial charge in [-0.15, -0.1) is 0 Å². The number of amides is 2. The van der Waals surface area contributed by atoms with Gasteiger partial charge in [0.2, 0.25) is 0 Å². The van der Waals surface area contributed by atoms with Crippen LogP contribution in [0.1, 0.15) is 41.6 Å². The van der Waals surface area contributed by atoms with Gasteiger partial charge in [0.1, 0.15) is 5.71 Å². The average molecular weight is 341 g/mol. The maximum absolute atomic E-state index is 12.7. The molecular formula is C19H23N3O3. The van der Waals surface area contributed by atoms with Gasteiger partial charge in [-0.05, 0) is 37.8 Å². The number of aryl methyl sites for hydroxylation is 1. The van der Waals surface area contributed by atoms with Crippen LogP contribution in [0.2, 0.25) is 0 Å². The van der Waals surface area contributed by atoms with Crippen LogP contribution in [-0.2, 0) is 9.63 Å². The van der Waals surface area contributed by atoms with Gasteiger partial charge < -0.3 is 15.1 Å². The van der Waals surface area contributed by atoms with E-state index < -0.39 is 5.60 Å². The van der Waals surface area contributed by atoms with Crippen molar-refractivity contribution < 1.29 is 14.4 Å². The highest BCUT2D eigenvalue weighted by molar-refractivity contribution is 6.39. The third kappa shape index (κ3) is 3.38. The monoisotopic (exact) mass is 341 g/mol. The molecule has 2 amide bonds. The molecule has 0 bridgehead atoms. The second-order valence-electron chi connectivity index (χ2n) is 7.49. The van der Waals surface area contributed by atoms with Gasteiger partial charge in [-0.2, -0.15) is 0 Å². The quantitative estimate of drug-likeness (QED) is 0.909. The van der Waals surface area contributed by atoms with Crippen LogP contribution >= 0.6 is 0 Å². The van der Waals surface area contributed by atoms with E-state index in [1.165, 1.54) is 12.8 Å². The molecule has 1 atom stereocenters. The lowest BCUT2D eigenvalue weighted by Gasteiger charge is -2.21. The Hall–Kier alpha value is -2.37. The maximum atomic E-state index is 12.7. The van der Waals surface area contributed by atoms with E-state index in [9.17, 15) is 9.59 Å². The molecule has 0 aromatic heterocycles. The zero-order chi connectivity index (χ0) is 17.4. The van der Waals surface area contributed by atoms with Crippen LogP contribution in [0.5, 0.6) is 0 Å². The van der Waals surface area contributed by atoms with Crippen LogP contribution < -0.4 is 5.32 Å². The molecule has 3 aliphatic rings. The summed E-state index contributed by atoms with van der Waals surface area (Å²) in [5, 5.41) is 6.95. The summed E-state index contributed by atoms with van der Waals surface area (Å²) < 4.78 is 0. The van der Waals surface area contributed by atoms with Crippen molar-refractivity contribution in [2.75, 3.05) is 19.6 Å². The van der Waals surface area contributed by atoms with E-state index in [-0.39, 0.29) is 11.8 Å². The highest BCUT2D eigenvalue weighted by Gasteiger charge is 2.48. The Kier molecular flexibility index (Phi) is 3.98. The first-order chi connectivity index (χ1) is 12.0. The summed E-state index contributed by atoms with van der Waals surface area (Å²) in [6.45, 7) is 3.80. The topological polar surface area (TPSA) is 71.0 Å². The highest BCUT2D eigenvalue weighted by atomic mass is 16.7. The largest absolute Gasteiger partial charge is 0.386 e. The first-order valence-corrected chi connectivity index (χ1v) is 8.94. The molecule has 6 nitrogen and oxygen atoms in total. The van der Waals surface area contributed by atoms with Crippen molar-refractivity contribution in [3.05, 3.63) is 35.4 Å². The van der Waals surface area contributed by atoms with Gasteiger partial charge in [-0.25, -0.2) is 0 Å². The lowest BCUT2D eigenvalue weighted by molar-refractivity contribution is -0.115. The predicted molar refractivity (Wildman–Crippen MR) is 93.3 cm³/mol. The summed E-state index contributed by atoms with van der Waals surface area (Å²) in [5.74, 6) is 0.512. The minimum Gasteiger partial charge on any atom is -0.386 e. The van der Waals surface area contributed by atoms with Crippen molar-refractivity contribution in [3.8, 4) is 0 Å². The predicted octanol–water partition coefficient (Wildman–Crippen LogP) is 1.88. The summed E-state index contributed by atoms with van der Waals surface area (Å²) in [6, 6.07) is 7.60. The SMILES string of the molecule is Cc1cccc(C(=O)N2CC[C@@]3(CC(C(=O)NCC4CC4)=NO3)C2)c1. The number of hydrogen-bond donors (Lipinski definition) is 1. The fourth-order valence-corrected chi connectivity index (χ4v) is 3.50. The Balaban J connectivity index is 1.36. The number of carbonyl (C=O) groups excluding carboxylic acids is 2. The van der Waals surface area contributed by atoms with Gasteiger partial charge in [0, 0.05) is 31.5 Å². The summed E-state index contributed by atoms with van der Waals surface area (Å²) in [6.07, 6.45) is 3.57. The van der Waals surface area contributed by atoms with Crippen LogP contribution in [0.25, 0.3) is 0 Å². The molecule has 2 fully saturated rings. The molecule has 132 valence electrons. The average Bonchev–Trinajstić information content (AvgIpc) is 3.21. The van der Waals surface area contributed by atoms with Crippen LogP contribution in [0.4, 0.5) is 0 Å². The van der Waals surface area contributed by atoms with Crippen LogP contribution in [0, 0.1) is 12.8 Å². The molecule has 6 heteroatoms. The molecule has 4 rings (SSSR count). The standard InChI is InChI=1S/C19H23N3O3/c1-13-3-2-4-15(9-13)18(24)22-8-7-19(12-22)10-16(21-25-19)17(23)20-11-14-5-6-14/h2-4,9,14H,5-8,10-12H2,1H3,(H,20,23)/t19-/m1/s1. The number of rotatable bonds is 4. The van der Waals surface area contributed by atoms with E-state index in [0.29, 0.717) is 43.1 Å². The third-order valence-electron chi connectivity index (χ3n) is 5.22. The molecule has 1 aliphatic carbocycles. The van der Waals surface area contributed by atoms with E-state index in [0.717, 1.165) is 12.1 Å². The van der Waals surface area contributed by atoms with Gasteiger partial charge in [-0.1, -0.05) is 22.9 Å². The van der Waals surface area contributed by atoms with Gasteiger partial charge in [-0.3, -0.25) is 9.59 Å². The molecule has 0 radical (unpaired) electrons. The first kappa shape index (κ1) is 16.1. The molecule has 1 saturated carbocycles. The zero-order valence-electron chi connectivity index (χ0n) is 14.5. The van der Waals surface area contributed by atoms with Gasteiger partial charge in [0.05, 0.1) is 6.54 Å². The molecule has 2 heterocycles. The van der Waals surface area contributed by atoms with Crippen molar-refractivity contribution in [2.24, 2.45) is 11.1 Å². The molecule has 25 heavy (non-hydrogen) atoms. The Bertz CT molecular complexity index is 741. The third-order valence-corrected chi connectivity index (χ3v) is 5.22. The van der Waals surface area contributed by atoms with E-state index in [4.69, 9.17) is 4.84 Å². The molecule has 1 aromatic carbocycles. The lowest BCUT2D eigenvalue weighted by Crippen LogP contribution is -2.38. The van der Waals surface area contributed by atoms with E-state index in [1.807, 2.05) is 31.2 Å². The number of benzene rings is 1. The summed E-state index contributed by atoms with van der Waals surface area (Å²) >= 11 is 0. The minimum atomic E-state index is -0.536. The molecule has 0 unspecified atom stereocenters. The first-order valence-electron chi connectivity index (χ1n) is 8.94. The summed E-state index contributed by atoms with van der Waals surface area (Å²) in [5.41, 5.74) is 1.67. The van der Waals surface area contributed by atoms with E-state index in [2.05, 4.69) is 10.5 Å². The number of nitrogens with zero attached hydrogens (tertiary/aromatic N) is 2. The fourth-order valence-electron chi connectivity index (χ4n) is 3.50. The molecule has 2 aliphatic heterocycles. The van der Waals surface area contributed by atoms with E-state index in [1.54, 1.807) is 4.90 Å². The van der Waals surface area contributed by atoms with Crippen molar-refractivity contribution >= 4 is 17.5 Å². The molecule has 1 spiro atoms. The second-order valence-corrected chi connectivity index (χ2v) is 7.49. The highest BCUT2D eigenvalue weighted by Crippen LogP contribution is 2.34. The molecule has 1 saturated heterocycles. The van der Waals surface area contributed by atoms with Crippen molar-refractivity contribution in [3.63, 3.8) is 0 Å². The number of nitrogens with one attached hydrogen (secondary N) is 1. The number of hydrogen-bond acceptors (Lipinski definition) is 4. The second kappa shape index (κ2) is 6.17. The number of likely N-dealkylation sites (tertiary alicyclic amines) is 1. The smallest absolute Gasteiger partial charge is 0.269 e. The Morgan fingerprint density at radius 2 is 2.24 bits per heavy atom. The van der Waals surface area contributed by atoms with Gasteiger partial charge >= 0.3 is 0 Å². The number of oxime groups is 1. The molecule has 1 aromatic rings. The van der Waals surface area contributed by atoms with Crippen LogP contribution in [0.15, 0.2) is 29.4 Å². The Morgan fingerprint density at radius 3 is 3.00 bits per heavy atom. The van der Waals surface area contributed by atoms with Crippen LogP contribution in [0.3, 0.4) is 0 Å². The van der Waals surface area contributed by atoms with Crippen molar-refractivity contribution in [1.82, 2.24) is 10.2 Å². The van der Waals surface area contributed by atoms with Crippen molar-refractivity contribution in [2.45, 2.75) is 38.2 Å². The maximum Gasteiger partial charge on any atom is 0.269 e. The Morgan fingerprint density at radius 1 is 1.40 bits per heavy atom. The lowest BCUT2D eigenvalue weighted by atomic mass is 9.96.